The average molecular weight is 418 g/mol. The predicted octanol–water partition coefficient (Wildman–Crippen LogP) is 4.66. The molecule has 1 aliphatic heterocycles. The molecule has 0 saturated carbocycles. The Morgan fingerprint density at radius 2 is 1.67 bits per heavy atom. The Balaban J connectivity index is 1.72. The maximum Gasteiger partial charge on any atom is 0.231 e. The number of fused-ring (bicyclic) bond motifs is 2. The number of carbonyl (C=O) groups excluding carboxylic acids is 1. The molecule has 6 heteroatoms. The second-order valence-electron chi connectivity index (χ2n) is 7.04. The highest BCUT2D eigenvalue weighted by Crippen LogP contribution is 2.35. The highest BCUT2D eigenvalue weighted by Gasteiger charge is 2.21. The second kappa shape index (κ2) is 7.35. The molecule has 4 aromatic rings. The van der Waals surface area contributed by atoms with Gasteiger partial charge in [0.15, 0.2) is 17.3 Å². The summed E-state index contributed by atoms with van der Waals surface area (Å²) >= 11 is 6.01. The fourth-order valence-electron chi connectivity index (χ4n) is 3.60. The van der Waals surface area contributed by atoms with Crippen molar-refractivity contribution >= 4 is 28.3 Å². The second-order valence-corrected chi connectivity index (χ2v) is 7.48. The quantitative estimate of drug-likeness (QED) is 0.453. The van der Waals surface area contributed by atoms with Crippen LogP contribution in [-0.2, 0) is 6.54 Å². The van der Waals surface area contributed by atoms with Gasteiger partial charge in [-0.2, -0.15) is 0 Å². The topological polar surface area (TPSA) is 57.5 Å². The Hall–Kier alpha value is -3.57. The lowest BCUT2D eigenvalue weighted by atomic mass is 10.0. The zero-order chi connectivity index (χ0) is 20.7. The number of hydrogen-bond donors (Lipinski definition) is 0. The highest BCUT2D eigenvalue weighted by molar-refractivity contribution is 6.30. The van der Waals surface area contributed by atoms with Gasteiger partial charge in [-0.3, -0.25) is 9.59 Å². The van der Waals surface area contributed by atoms with Crippen LogP contribution in [0.15, 0.2) is 77.7 Å². The lowest BCUT2D eigenvalue weighted by molar-refractivity contribution is 0.103. The summed E-state index contributed by atoms with van der Waals surface area (Å²) in [7, 11) is 0. The number of hydrogen-bond acceptors (Lipinski definition) is 4. The lowest BCUT2D eigenvalue weighted by Crippen LogP contribution is -2.20. The monoisotopic (exact) mass is 417 g/mol. The van der Waals surface area contributed by atoms with E-state index in [0.29, 0.717) is 39.5 Å². The van der Waals surface area contributed by atoms with E-state index in [1.165, 1.54) is 0 Å². The number of aromatic nitrogens is 1. The van der Waals surface area contributed by atoms with Gasteiger partial charge < -0.3 is 14.0 Å². The molecule has 5 rings (SSSR count). The van der Waals surface area contributed by atoms with Crippen LogP contribution in [0.1, 0.15) is 21.5 Å². The van der Waals surface area contributed by atoms with Crippen LogP contribution in [0.3, 0.4) is 0 Å². The number of pyridine rings is 1. The van der Waals surface area contributed by atoms with Crippen molar-refractivity contribution in [3.8, 4) is 11.5 Å². The summed E-state index contributed by atoms with van der Waals surface area (Å²) in [5.74, 6) is 0.765. The summed E-state index contributed by atoms with van der Waals surface area (Å²) in [5, 5.41) is 1.06. The number of halogens is 1. The standard InChI is InChI=1S/C24H16ClNO4/c25-17-8-6-15(7-9-17)12-26-13-19(23(27)16-4-2-1-3-5-16)24(28)18-10-21-22(11-20(18)26)30-14-29-21/h1-11,13H,12,14H2. The first kappa shape index (κ1) is 18.5. The summed E-state index contributed by atoms with van der Waals surface area (Å²) in [6, 6.07) is 19.7. The van der Waals surface area contributed by atoms with E-state index in [1.54, 1.807) is 42.6 Å². The molecule has 0 fully saturated rings. The molecule has 0 unspecified atom stereocenters. The van der Waals surface area contributed by atoms with Crippen molar-refractivity contribution < 1.29 is 14.3 Å². The smallest absolute Gasteiger partial charge is 0.231 e. The molecule has 0 atom stereocenters. The maximum absolute atomic E-state index is 13.2. The Morgan fingerprint density at radius 3 is 2.40 bits per heavy atom. The van der Waals surface area contributed by atoms with Gasteiger partial charge in [-0.1, -0.05) is 54.1 Å². The van der Waals surface area contributed by atoms with Gasteiger partial charge in [-0.15, -0.1) is 0 Å². The molecule has 5 nitrogen and oxygen atoms in total. The Kier molecular flexibility index (Phi) is 4.52. The van der Waals surface area contributed by atoms with Gasteiger partial charge in [0.2, 0.25) is 12.2 Å². The molecule has 1 aromatic heterocycles. The number of nitrogens with zero attached hydrogens (tertiary/aromatic N) is 1. The summed E-state index contributed by atoms with van der Waals surface area (Å²) in [6.45, 7) is 0.565. The van der Waals surface area contributed by atoms with Crippen LogP contribution < -0.4 is 14.9 Å². The fraction of sp³-hybridized carbons (Fsp3) is 0.0833. The van der Waals surface area contributed by atoms with Crippen LogP contribution in [0.4, 0.5) is 0 Å². The van der Waals surface area contributed by atoms with Crippen LogP contribution in [0.2, 0.25) is 5.02 Å². The molecule has 1 aliphatic rings. The molecular formula is C24H16ClNO4. The van der Waals surface area contributed by atoms with E-state index in [0.717, 1.165) is 5.56 Å². The molecule has 3 aromatic carbocycles. The molecule has 30 heavy (non-hydrogen) atoms. The molecule has 0 N–H and O–H groups in total. The Morgan fingerprint density at radius 1 is 0.967 bits per heavy atom. The van der Waals surface area contributed by atoms with Crippen molar-refractivity contribution in [1.29, 1.82) is 0 Å². The number of rotatable bonds is 4. The SMILES string of the molecule is O=C(c1ccccc1)c1cn(Cc2ccc(Cl)cc2)c2cc3c(cc2c1=O)OCO3. The zero-order valence-electron chi connectivity index (χ0n) is 15.8. The van der Waals surface area contributed by atoms with Crippen molar-refractivity contribution in [3.05, 3.63) is 105 Å². The molecule has 148 valence electrons. The number of benzene rings is 3. The Bertz CT molecular complexity index is 1330. The van der Waals surface area contributed by atoms with Crippen LogP contribution in [-0.4, -0.2) is 17.1 Å². The number of ether oxygens (including phenoxy) is 2. The van der Waals surface area contributed by atoms with Gasteiger partial charge in [0.1, 0.15) is 0 Å². The third-order valence-electron chi connectivity index (χ3n) is 5.12. The van der Waals surface area contributed by atoms with Crippen LogP contribution in [0.5, 0.6) is 11.5 Å². The molecular weight excluding hydrogens is 402 g/mol. The van der Waals surface area contributed by atoms with Gasteiger partial charge >= 0.3 is 0 Å². The number of carbonyl (C=O) groups is 1. The molecule has 0 saturated heterocycles. The molecule has 0 bridgehead atoms. The summed E-state index contributed by atoms with van der Waals surface area (Å²) < 4.78 is 12.8. The van der Waals surface area contributed by atoms with Gasteiger partial charge in [0.25, 0.3) is 0 Å². The first-order valence-corrected chi connectivity index (χ1v) is 9.79. The lowest BCUT2D eigenvalue weighted by Gasteiger charge is -2.14. The van der Waals surface area contributed by atoms with E-state index in [9.17, 15) is 9.59 Å². The predicted molar refractivity (Wildman–Crippen MR) is 115 cm³/mol. The third-order valence-corrected chi connectivity index (χ3v) is 5.37. The van der Waals surface area contributed by atoms with Crippen molar-refractivity contribution in [1.82, 2.24) is 4.57 Å². The summed E-state index contributed by atoms with van der Waals surface area (Å²) in [6.07, 6.45) is 1.62. The van der Waals surface area contributed by atoms with Crippen molar-refractivity contribution in [2.75, 3.05) is 6.79 Å². The van der Waals surface area contributed by atoms with Crippen molar-refractivity contribution in [2.45, 2.75) is 6.54 Å². The van der Waals surface area contributed by atoms with E-state index >= 15 is 0 Å². The first-order chi connectivity index (χ1) is 14.6. The van der Waals surface area contributed by atoms with Crippen molar-refractivity contribution in [2.24, 2.45) is 0 Å². The average Bonchev–Trinajstić information content (AvgIpc) is 3.24. The summed E-state index contributed by atoms with van der Waals surface area (Å²) in [5.41, 5.74) is 1.91. The van der Waals surface area contributed by atoms with Gasteiger partial charge in [-0.05, 0) is 23.8 Å². The fourth-order valence-corrected chi connectivity index (χ4v) is 3.73. The third kappa shape index (κ3) is 3.23. The number of ketones is 1. The van der Waals surface area contributed by atoms with Gasteiger partial charge in [-0.25, -0.2) is 0 Å². The van der Waals surface area contributed by atoms with E-state index in [2.05, 4.69) is 0 Å². The van der Waals surface area contributed by atoms with E-state index in [1.807, 2.05) is 34.9 Å². The zero-order valence-corrected chi connectivity index (χ0v) is 16.6. The van der Waals surface area contributed by atoms with E-state index in [4.69, 9.17) is 21.1 Å². The highest BCUT2D eigenvalue weighted by atomic mass is 35.5. The molecule has 2 heterocycles. The van der Waals surface area contributed by atoms with E-state index < -0.39 is 0 Å². The van der Waals surface area contributed by atoms with Crippen LogP contribution in [0, 0.1) is 0 Å². The van der Waals surface area contributed by atoms with Crippen LogP contribution >= 0.6 is 11.6 Å². The van der Waals surface area contributed by atoms with Gasteiger partial charge in [0.05, 0.1) is 16.5 Å². The minimum Gasteiger partial charge on any atom is -0.454 e. The Labute approximate surface area is 177 Å². The first-order valence-electron chi connectivity index (χ1n) is 9.41. The maximum atomic E-state index is 13.2. The minimum atomic E-state index is -0.329. The summed E-state index contributed by atoms with van der Waals surface area (Å²) in [4.78, 5) is 26.4. The minimum absolute atomic E-state index is 0.104. The molecule has 0 amide bonds. The van der Waals surface area contributed by atoms with Crippen molar-refractivity contribution in [3.63, 3.8) is 0 Å². The van der Waals surface area contributed by atoms with Crippen LogP contribution in [0.25, 0.3) is 10.9 Å². The largest absolute Gasteiger partial charge is 0.454 e. The normalized spacial score (nSPS) is 12.3. The van der Waals surface area contributed by atoms with Gasteiger partial charge in [0, 0.05) is 29.4 Å². The molecule has 0 aliphatic carbocycles. The molecule has 0 radical (unpaired) electrons. The van der Waals surface area contributed by atoms with E-state index in [-0.39, 0.29) is 23.6 Å². The molecule has 0 spiro atoms.